The van der Waals surface area contributed by atoms with Gasteiger partial charge >= 0.3 is 7.19 Å². The van der Waals surface area contributed by atoms with Crippen LogP contribution in [0.15, 0.2) is 24.3 Å². The van der Waals surface area contributed by atoms with E-state index in [1.807, 2.05) is 24.3 Å². The van der Waals surface area contributed by atoms with Crippen LogP contribution in [0.4, 0.5) is 0 Å². The molecule has 0 spiro atoms. The van der Waals surface area contributed by atoms with Gasteiger partial charge < -0.3 is 18.8 Å². The van der Waals surface area contributed by atoms with Crippen molar-refractivity contribution in [2.75, 3.05) is 21.1 Å². The van der Waals surface area contributed by atoms with E-state index in [0.717, 1.165) is 5.75 Å². The molecule has 0 aromatic heterocycles. The van der Waals surface area contributed by atoms with Crippen molar-refractivity contribution in [1.82, 2.24) is 14.2 Å². The normalized spacial score (nSPS) is 19.2. The molecule has 0 N–H and O–H groups in total. The van der Waals surface area contributed by atoms with E-state index >= 15 is 0 Å². The molecule has 1 fully saturated rings. The van der Waals surface area contributed by atoms with Crippen molar-refractivity contribution in [1.29, 1.82) is 0 Å². The fraction of sp³-hybridized carbons (Fsp3) is 0.455. The Hall–Kier alpha value is -0.615. The third-order valence-electron chi connectivity index (χ3n) is 4.09. The fourth-order valence-corrected chi connectivity index (χ4v) is 2.55. The molecule has 0 unspecified atom stereocenters. The molecule has 0 amide bonds. The van der Waals surface area contributed by atoms with Crippen molar-refractivity contribution in [3.8, 4) is 5.75 Å². The quantitative estimate of drug-likeness (QED) is 0.766. The second kappa shape index (κ2) is 5.79. The average Bonchev–Trinajstić information content (AvgIpc) is 2.39. The number of nitrogens with zero attached hydrogens (tertiary/aromatic N) is 3. The molecule has 19 heavy (non-hydrogen) atoms. The van der Waals surface area contributed by atoms with Crippen molar-refractivity contribution in [2.45, 2.75) is 13.6 Å². The van der Waals surface area contributed by atoms with Gasteiger partial charge in [0.2, 0.25) is 0 Å². The molecule has 1 aliphatic heterocycles. The molecule has 1 aromatic rings. The van der Waals surface area contributed by atoms with Crippen LogP contribution >= 0.6 is 11.6 Å². The summed E-state index contributed by atoms with van der Waals surface area (Å²) in [4.78, 5) is 0. The summed E-state index contributed by atoms with van der Waals surface area (Å²) in [6.07, 6.45) is 0. The molecule has 0 radical (unpaired) electrons. The van der Waals surface area contributed by atoms with E-state index in [9.17, 15) is 0 Å². The second-order valence-corrected chi connectivity index (χ2v) is 5.60. The molecular weight excluding hydrogens is 258 g/mol. The summed E-state index contributed by atoms with van der Waals surface area (Å²) in [5.41, 5.74) is 0. The van der Waals surface area contributed by atoms with Crippen molar-refractivity contribution >= 4 is 32.8 Å². The van der Waals surface area contributed by atoms with E-state index in [1.54, 1.807) is 0 Å². The van der Waals surface area contributed by atoms with Crippen LogP contribution in [-0.2, 0) is 0 Å². The molecule has 0 bridgehead atoms. The standard InChI is InChI=1S/C11H19B3ClN3O/c1-12-16(3)13(2)18(5)14(17(12)4)19-11-8-6-7-10(15)9-11/h6-9H,1-5H3. The maximum Gasteiger partial charge on any atom is 0.526 e. The summed E-state index contributed by atoms with van der Waals surface area (Å²) in [5, 5.41) is 0.692. The zero-order valence-electron chi connectivity index (χ0n) is 12.2. The van der Waals surface area contributed by atoms with Gasteiger partial charge in [0.25, 0.3) is 14.0 Å². The smallest absolute Gasteiger partial charge is 0.526 e. The molecular formula is C11H19B3ClN3O. The van der Waals surface area contributed by atoms with Gasteiger partial charge in [0.05, 0.1) is 0 Å². The van der Waals surface area contributed by atoms with Gasteiger partial charge in [0, 0.05) is 5.02 Å². The molecule has 4 nitrogen and oxygen atoms in total. The maximum absolute atomic E-state index is 6.09. The largest absolute Gasteiger partial charge is 0.534 e. The first-order valence-corrected chi connectivity index (χ1v) is 6.87. The predicted octanol–water partition coefficient (Wildman–Crippen LogP) is 1.75. The van der Waals surface area contributed by atoms with Crippen molar-refractivity contribution in [3.63, 3.8) is 0 Å². The van der Waals surface area contributed by atoms with E-state index in [0.29, 0.717) is 19.0 Å². The van der Waals surface area contributed by atoms with Gasteiger partial charge in [-0.25, -0.2) is 0 Å². The number of halogens is 1. The highest BCUT2D eigenvalue weighted by atomic mass is 35.5. The lowest BCUT2D eigenvalue weighted by Crippen LogP contribution is -2.74. The molecule has 0 atom stereocenters. The van der Waals surface area contributed by atoms with E-state index in [-0.39, 0.29) is 7.19 Å². The summed E-state index contributed by atoms with van der Waals surface area (Å²) in [6, 6.07) is 7.53. The molecule has 1 heterocycles. The number of hydrogen-bond acceptors (Lipinski definition) is 4. The summed E-state index contributed by atoms with van der Waals surface area (Å²) in [6.45, 7) is 4.99. The topological polar surface area (TPSA) is 19.0 Å². The highest BCUT2D eigenvalue weighted by molar-refractivity contribution is 6.83. The number of rotatable bonds is 2. The Morgan fingerprint density at radius 2 is 1.58 bits per heavy atom. The predicted molar refractivity (Wildman–Crippen MR) is 84.4 cm³/mol. The van der Waals surface area contributed by atoms with Gasteiger partial charge in [-0.15, -0.1) is 0 Å². The Labute approximate surface area is 122 Å². The molecule has 1 aliphatic rings. The molecule has 0 saturated carbocycles. The summed E-state index contributed by atoms with van der Waals surface area (Å²) >= 11 is 6.00. The van der Waals surface area contributed by atoms with Crippen LogP contribution in [0.25, 0.3) is 0 Å². The van der Waals surface area contributed by atoms with Crippen LogP contribution in [0.3, 0.4) is 0 Å². The number of hydrogen-bond donors (Lipinski definition) is 0. The van der Waals surface area contributed by atoms with Crippen molar-refractivity contribution in [3.05, 3.63) is 29.3 Å². The van der Waals surface area contributed by atoms with Gasteiger partial charge in [0.15, 0.2) is 0 Å². The van der Waals surface area contributed by atoms with E-state index in [1.165, 1.54) is 0 Å². The van der Waals surface area contributed by atoms with Crippen molar-refractivity contribution < 1.29 is 4.65 Å². The van der Waals surface area contributed by atoms with Crippen LogP contribution in [0.2, 0.25) is 18.7 Å². The first kappa shape index (κ1) is 14.8. The van der Waals surface area contributed by atoms with Crippen LogP contribution in [-0.4, -0.2) is 56.5 Å². The van der Waals surface area contributed by atoms with Gasteiger partial charge in [-0.1, -0.05) is 31.3 Å². The Kier molecular flexibility index (Phi) is 4.51. The van der Waals surface area contributed by atoms with Crippen LogP contribution in [0, 0.1) is 0 Å². The second-order valence-electron chi connectivity index (χ2n) is 5.16. The summed E-state index contributed by atoms with van der Waals surface area (Å²) in [7, 11) is 6.16. The highest BCUT2D eigenvalue weighted by Gasteiger charge is 2.47. The van der Waals surface area contributed by atoms with Crippen LogP contribution in [0.5, 0.6) is 5.75 Å². The monoisotopic (exact) mass is 277 g/mol. The van der Waals surface area contributed by atoms with E-state index in [4.69, 9.17) is 16.3 Å². The maximum atomic E-state index is 6.09. The lowest BCUT2D eigenvalue weighted by atomic mass is 9.50. The number of benzene rings is 1. The van der Waals surface area contributed by atoms with Gasteiger partial charge in [0.1, 0.15) is 5.75 Å². The lowest BCUT2D eigenvalue weighted by molar-refractivity contribution is 0.411. The van der Waals surface area contributed by atoms with Crippen LogP contribution < -0.4 is 4.65 Å². The third kappa shape index (κ3) is 2.94. The first-order valence-electron chi connectivity index (χ1n) is 6.50. The zero-order valence-corrected chi connectivity index (χ0v) is 12.9. The van der Waals surface area contributed by atoms with E-state index < -0.39 is 0 Å². The molecule has 100 valence electrons. The SMILES string of the molecule is CB1N(C)B(C)N(C)B(Oc2cccc(Cl)c2)N1C. The fourth-order valence-electron chi connectivity index (χ4n) is 2.37. The first-order chi connectivity index (χ1) is 8.91. The molecule has 0 aliphatic carbocycles. The Bertz CT molecular complexity index is 437. The minimum atomic E-state index is -0.0975. The van der Waals surface area contributed by atoms with Gasteiger partial charge in [-0.05, 0) is 39.3 Å². The summed E-state index contributed by atoms with van der Waals surface area (Å²) < 4.78 is 12.8. The highest BCUT2D eigenvalue weighted by Crippen LogP contribution is 2.21. The Morgan fingerprint density at radius 3 is 2.11 bits per heavy atom. The van der Waals surface area contributed by atoms with Gasteiger partial charge in [-0.2, -0.15) is 0 Å². The van der Waals surface area contributed by atoms with Gasteiger partial charge in [-0.3, -0.25) is 0 Å². The molecule has 1 aromatic carbocycles. The molecule has 1 saturated heterocycles. The van der Waals surface area contributed by atoms with Crippen LogP contribution in [0.1, 0.15) is 0 Å². The lowest BCUT2D eigenvalue weighted by Gasteiger charge is -2.47. The minimum Gasteiger partial charge on any atom is -0.534 e. The minimum absolute atomic E-state index is 0.0975. The Balaban J connectivity index is 2.18. The average molecular weight is 277 g/mol. The molecule has 2 rings (SSSR count). The summed E-state index contributed by atoms with van der Waals surface area (Å²) in [5.74, 6) is 0.792. The Morgan fingerprint density at radius 1 is 1.00 bits per heavy atom. The molecule has 8 heteroatoms. The van der Waals surface area contributed by atoms with Crippen molar-refractivity contribution in [2.24, 2.45) is 0 Å². The zero-order chi connectivity index (χ0) is 14.2. The third-order valence-corrected chi connectivity index (χ3v) is 4.33. The van der Waals surface area contributed by atoms with E-state index in [2.05, 4.69) is 49.0 Å².